The van der Waals surface area contributed by atoms with Gasteiger partial charge in [-0.3, -0.25) is 4.79 Å². The number of hydrogen-bond donors (Lipinski definition) is 3. The van der Waals surface area contributed by atoms with Crippen molar-refractivity contribution in [2.24, 2.45) is 17.1 Å². The van der Waals surface area contributed by atoms with E-state index in [1.165, 1.54) is 0 Å². The average Bonchev–Trinajstić information content (AvgIpc) is 2.47. The molecule has 0 radical (unpaired) electrons. The molecule has 0 spiro atoms. The van der Waals surface area contributed by atoms with Crippen LogP contribution in [0.5, 0.6) is 0 Å². The van der Waals surface area contributed by atoms with Gasteiger partial charge in [0.15, 0.2) is 0 Å². The third kappa shape index (κ3) is 3.23. The molecule has 0 aromatic carbocycles. The summed E-state index contributed by atoms with van der Waals surface area (Å²) in [5.41, 5.74) is 4.24. The second-order valence-corrected chi connectivity index (χ2v) is 7.09. The second kappa shape index (κ2) is 6.34. The van der Waals surface area contributed by atoms with E-state index in [9.17, 15) is 14.7 Å². The van der Waals surface area contributed by atoms with Crippen molar-refractivity contribution in [1.29, 1.82) is 0 Å². The number of nitrogens with one attached hydrogen (secondary N) is 1. The summed E-state index contributed by atoms with van der Waals surface area (Å²) in [5.74, 6) is -0.707. The number of rotatable bonds is 4. The molecule has 1 amide bonds. The molecule has 2 aliphatic rings. The highest BCUT2D eigenvalue weighted by atomic mass is 16.4. The topological polar surface area (TPSA) is 92.4 Å². The van der Waals surface area contributed by atoms with Gasteiger partial charge in [0.2, 0.25) is 5.91 Å². The smallest absolute Gasteiger partial charge is 0.329 e. The van der Waals surface area contributed by atoms with Crippen molar-refractivity contribution in [2.45, 2.75) is 70.3 Å². The zero-order valence-corrected chi connectivity index (χ0v) is 13.0. The summed E-state index contributed by atoms with van der Waals surface area (Å²) >= 11 is 0. The molecular weight excluding hydrogens is 268 g/mol. The molecule has 0 heterocycles. The average molecular weight is 296 g/mol. The molecule has 0 aromatic rings. The lowest BCUT2D eigenvalue weighted by Gasteiger charge is -2.42. The Hall–Kier alpha value is -1.10. The van der Waals surface area contributed by atoms with Gasteiger partial charge < -0.3 is 16.2 Å². The van der Waals surface area contributed by atoms with E-state index in [2.05, 4.69) is 12.2 Å². The van der Waals surface area contributed by atoms with Gasteiger partial charge >= 0.3 is 5.97 Å². The third-order valence-corrected chi connectivity index (χ3v) is 5.44. The zero-order chi connectivity index (χ0) is 15.5. The lowest BCUT2D eigenvalue weighted by molar-refractivity contribution is -0.152. The van der Waals surface area contributed by atoms with Gasteiger partial charge in [0.1, 0.15) is 5.54 Å². The van der Waals surface area contributed by atoms with E-state index in [0.29, 0.717) is 25.3 Å². The first-order chi connectivity index (χ1) is 9.94. The van der Waals surface area contributed by atoms with Crippen LogP contribution in [-0.4, -0.2) is 29.1 Å². The minimum atomic E-state index is -1.09. The van der Waals surface area contributed by atoms with Crippen LogP contribution in [0.25, 0.3) is 0 Å². The van der Waals surface area contributed by atoms with Crippen molar-refractivity contribution in [1.82, 2.24) is 5.32 Å². The van der Waals surface area contributed by atoms with Crippen molar-refractivity contribution in [3.05, 3.63) is 0 Å². The van der Waals surface area contributed by atoms with E-state index in [4.69, 9.17) is 5.73 Å². The largest absolute Gasteiger partial charge is 0.480 e. The van der Waals surface area contributed by atoms with Crippen LogP contribution < -0.4 is 11.1 Å². The quantitative estimate of drug-likeness (QED) is 0.740. The molecule has 21 heavy (non-hydrogen) atoms. The van der Waals surface area contributed by atoms with Crippen molar-refractivity contribution >= 4 is 11.9 Å². The van der Waals surface area contributed by atoms with E-state index < -0.39 is 16.9 Å². The Morgan fingerprint density at radius 3 is 2.38 bits per heavy atom. The van der Waals surface area contributed by atoms with Crippen LogP contribution in [0.15, 0.2) is 0 Å². The molecule has 0 saturated heterocycles. The lowest BCUT2D eigenvalue weighted by atomic mass is 9.71. The predicted molar refractivity (Wildman–Crippen MR) is 80.7 cm³/mol. The third-order valence-electron chi connectivity index (χ3n) is 5.44. The second-order valence-electron chi connectivity index (χ2n) is 7.09. The maximum Gasteiger partial charge on any atom is 0.329 e. The Morgan fingerprint density at radius 2 is 1.86 bits per heavy atom. The van der Waals surface area contributed by atoms with Gasteiger partial charge in [0.05, 0.1) is 5.41 Å². The molecule has 120 valence electrons. The molecule has 2 fully saturated rings. The fraction of sp³-hybridized carbons (Fsp3) is 0.875. The molecule has 2 rings (SSSR count). The highest BCUT2D eigenvalue weighted by Crippen LogP contribution is 2.38. The van der Waals surface area contributed by atoms with Crippen LogP contribution >= 0.6 is 0 Å². The van der Waals surface area contributed by atoms with E-state index in [1.807, 2.05) is 0 Å². The Labute approximate surface area is 126 Å². The molecule has 5 nitrogen and oxygen atoms in total. The van der Waals surface area contributed by atoms with Gasteiger partial charge in [-0.1, -0.05) is 39.0 Å². The number of amides is 1. The molecule has 2 saturated carbocycles. The highest BCUT2D eigenvalue weighted by molar-refractivity contribution is 5.90. The number of carbonyl (C=O) groups is 2. The Bertz CT molecular complexity index is 404. The van der Waals surface area contributed by atoms with Gasteiger partial charge in [-0.05, 0) is 31.6 Å². The maximum atomic E-state index is 12.8. The van der Waals surface area contributed by atoms with Crippen LogP contribution in [0.3, 0.4) is 0 Å². The predicted octanol–water partition coefficient (Wildman–Crippen LogP) is 2.05. The van der Waals surface area contributed by atoms with Crippen LogP contribution in [0.2, 0.25) is 0 Å². The summed E-state index contributed by atoms with van der Waals surface area (Å²) in [6, 6.07) is 0. The van der Waals surface area contributed by atoms with Gasteiger partial charge in [0.25, 0.3) is 0 Å². The van der Waals surface area contributed by atoms with Crippen molar-refractivity contribution in [2.75, 3.05) is 6.54 Å². The summed E-state index contributed by atoms with van der Waals surface area (Å²) in [6.45, 7) is 2.37. The number of carbonyl (C=O) groups excluding carboxylic acids is 1. The van der Waals surface area contributed by atoms with Crippen LogP contribution in [0, 0.1) is 11.3 Å². The summed E-state index contributed by atoms with van der Waals surface area (Å²) in [4.78, 5) is 24.6. The molecular formula is C16H28N2O3. The Kier molecular flexibility index (Phi) is 4.91. The fourth-order valence-electron chi connectivity index (χ4n) is 4.01. The molecule has 4 N–H and O–H groups in total. The SMILES string of the molecule is CC1CCCC(NC(=O)C2(CN)CCCCC2)(C(=O)O)C1. The number of nitrogens with two attached hydrogens (primary N) is 1. The number of hydrogen-bond acceptors (Lipinski definition) is 3. The number of carboxylic acids is 1. The molecule has 2 unspecified atom stereocenters. The van der Waals surface area contributed by atoms with E-state index in [-0.39, 0.29) is 5.91 Å². The van der Waals surface area contributed by atoms with E-state index in [1.54, 1.807) is 0 Å². The highest BCUT2D eigenvalue weighted by Gasteiger charge is 2.47. The van der Waals surface area contributed by atoms with E-state index >= 15 is 0 Å². The zero-order valence-electron chi connectivity index (χ0n) is 13.0. The number of carboxylic acid groups (broad SMARTS) is 1. The normalized spacial score (nSPS) is 32.4. The van der Waals surface area contributed by atoms with Gasteiger partial charge in [-0.2, -0.15) is 0 Å². The van der Waals surface area contributed by atoms with Gasteiger partial charge in [-0.15, -0.1) is 0 Å². The first kappa shape index (κ1) is 16.3. The minimum Gasteiger partial charge on any atom is -0.480 e. The Morgan fingerprint density at radius 1 is 1.19 bits per heavy atom. The molecule has 2 atom stereocenters. The monoisotopic (exact) mass is 296 g/mol. The summed E-state index contributed by atoms with van der Waals surface area (Å²) in [5, 5.41) is 12.6. The van der Waals surface area contributed by atoms with E-state index in [0.717, 1.165) is 44.9 Å². The van der Waals surface area contributed by atoms with Gasteiger partial charge in [0, 0.05) is 6.54 Å². The van der Waals surface area contributed by atoms with Crippen LogP contribution in [-0.2, 0) is 9.59 Å². The van der Waals surface area contributed by atoms with Crippen molar-refractivity contribution < 1.29 is 14.7 Å². The lowest BCUT2D eigenvalue weighted by Crippen LogP contribution is -2.61. The minimum absolute atomic E-state index is 0.138. The summed E-state index contributed by atoms with van der Waals surface area (Å²) < 4.78 is 0. The molecule has 0 bridgehead atoms. The number of aliphatic carboxylic acids is 1. The molecule has 0 aliphatic heterocycles. The first-order valence-corrected chi connectivity index (χ1v) is 8.20. The Balaban J connectivity index is 2.16. The van der Waals surface area contributed by atoms with Crippen LogP contribution in [0.1, 0.15) is 64.7 Å². The standard InChI is InChI=1S/C16H28N2O3/c1-12-6-5-9-16(10-12,14(20)21)18-13(19)15(11-17)7-3-2-4-8-15/h12H,2-11,17H2,1H3,(H,18,19)(H,20,21). The molecule has 2 aliphatic carbocycles. The molecule has 5 heteroatoms. The summed E-state index contributed by atoms with van der Waals surface area (Å²) in [7, 11) is 0. The maximum absolute atomic E-state index is 12.8. The van der Waals surface area contributed by atoms with Crippen LogP contribution in [0.4, 0.5) is 0 Å². The fourth-order valence-corrected chi connectivity index (χ4v) is 4.01. The van der Waals surface area contributed by atoms with Gasteiger partial charge in [-0.25, -0.2) is 4.79 Å². The summed E-state index contributed by atoms with van der Waals surface area (Å²) in [6.07, 6.45) is 7.63. The molecule has 0 aromatic heterocycles. The van der Waals surface area contributed by atoms with Crippen molar-refractivity contribution in [3.8, 4) is 0 Å². The van der Waals surface area contributed by atoms with Crippen molar-refractivity contribution in [3.63, 3.8) is 0 Å². The first-order valence-electron chi connectivity index (χ1n) is 8.20.